The maximum Gasteiger partial charge on any atom is 0.274 e. The second-order valence-electron chi connectivity index (χ2n) is 6.76. The molecule has 1 atom stereocenters. The maximum atomic E-state index is 12.7. The molecule has 0 radical (unpaired) electrons. The topological polar surface area (TPSA) is 85.1 Å². The maximum absolute atomic E-state index is 12.7. The standard InChI is InChI=1S/C20H19N3O2S/c1-11-6-8-13-16(10-11)26-20(17(13)18(21)24)23-19(25)15-9-7-12-4-2-3-5-14(12)22-15/h2-5,7,9,11H,6,8,10H2,1H3,(H2,21,24)(H,23,25). The molecule has 2 aromatic heterocycles. The molecule has 0 aliphatic heterocycles. The van der Waals surface area contributed by atoms with Crippen LogP contribution in [-0.4, -0.2) is 16.8 Å². The summed E-state index contributed by atoms with van der Waals surface area (Å²) in [5.74, 6) is -0.240. The van der Waals surface area contributed by atoms with Crippen LogP contribution in [0.2, 0.25) is 0 Å². The molecule has 132 valence electrons. The Balaban J connectivity index is 1.67. The van der Waals surface area contributed by atoms with Crippen LogP contribution in [0.5, 0.6) is 0 Å². The Hall–Kier alpha value is -2.73. The molecule has 0 bridgehead atoms. The van der Waals surface area contributed by atoms with E-state index in [9.17, 15) is 9.59 Å². The van der Waals surface area contributed by atoms with Crippen molar-refractivity contribution in [2.24, 2.45) is 11.7 Å². The lowest BCUT2D eigenvalue weighted by molar-refractivity contribution is 0.1000. The quantitative estimate of drug-likeness (QED) is 0.741. The number of amides is 2. The van der Waals surface area contributed by atoms with E-state index in [4.69, 9.17) is 5.73 Å². The molecule has 2 heterocycles. The van der Waals surface area contributed by atoms with Gasteiger partial charge in [-0.05, 0) is 42.9 Å². The first kappa shape index (κ1) is 16.7. The van der Waals surface area contributed by atoms with Crippen molar-refractivity contribution in [2.75, 3.05) is 5.32 Å². The largest absolute Gasteiger partial charge is 0.365 e. The number of nitrogens with two attached hydrogens (primary N) is 1. The van der Waals surface area contributed by atoms with Gasteiger partial charge in [0.1, 0.15) is 10.7 Å². The molecule has 0 spiro atoms. The number of hydrogen-bond donors (Lipinski definition) is 2. The minimum Gasteiger partial charge on any atom is -0.365 e. The lowest BCUT2D eigenvalue weighted by Crippen LogP contribution is -2.19. The van der Waals surface area contributed by atoms with Gasteiger partial charge in [0.15, 0.2) is 0 Å². The molecule has 0 saturated carbocycles. The van der Waals surface area contributed by atoms with E-state index >= 15 is 0 Å². The third-order valence-electron chi connectivity index (χ3n) is 4.82. The number of carbonyl (C=O) groups is 2. The first-order chi connectivity index (χ1) is 12.5. The van der Waals surface area contributed by atoms with E-state index in [1.165, 1.54) is 11.3 Å². The summed E-state index contributed by atoms with van der Waals surface area (Å²) >= 11 is 1.46. The Bertz CT molecular complexity index is 1030. The normalized spacial score (nSPS) is 16.3. The van der Waals surface area contributed by atoms with Gasteiger partial charge in [0.2, 0.25) is 0 Å². The van der Waals surface area contributed by atoms with Crippen molar-refractivity contribution in [3.05, 3.63) is 58.1 Å². The monoisotopic (exact) mass is 365 g/mol. The number of pyridine rings is 1. The van der Waals surface area contributed by atoms with Gasteiger partial charge in [0.25, 0.3) is 11.8 Å². The summed E-state index contributed by atoms with van der Waals surface area (Å²) in [4.78, 5) is 30.3. The lowest BCUT2D eigenvalue weighted by atomic mass is 9.88. The fourth-order valence-corrected chi connectivity index (χ4v) is 4.87. The molecule has 1 unspecified atom stereocenters. The molecule has 1 aromatic carbocycles. The van der Waals surface area contributed by atoms with Crippen LogP contribution in [-0.2, 0) is 12.8 Å². The Labute approximate surface area is 155 Å². The molecule has 6 heteroatoms. The minimum atomic E-state index is -0.487. The van der Waals surface area contributed by atoms with Gasteiger partial charge < -0.3 is 11.1 Å². The predicted octanol–water partition coefficient (Wildman–Crippen LogP) is 3.77. The third-order valence-corrected chi connectivity index (χ3v) is 5.99. The number of thiophene rings is 1. The van der Waals surface area contributed by atoms with Crippen LogP contribution in [0.3, 0.4) is 0 Å². The highest BCUT2D eigenvalue weighted by atomic mass is 32.1. The summed E-state index contributed by atoms with van der Waals surface area (Å²) in [5, 5.41) is 4.37. The SMILES string of the molecule is CC1CCc2c(sc(NC(=O)c3ccc4ccccc4n3)c2C(N)=O)C1. The van der Waals surface area contributed by atoms with Gasteiger partial charge in [-0.25, -0.2) is 4.98 Å². The summed E-state index contributed by atoms with van der Waals surface area (Å²) in [6.45, 7) is 2.20. The van der Waals surface area contributed by atoms with Crippen LogP contribution >= 0.6 is 11.3 Å². The van der Waals surface area contributed by atoms with Crippen LogP contribution in [0, 0.1) is 5.92 Å². The molecule has 4 rings (SSSR count). The number of rotatable bonds is 3. The highest BCUT2D eigenvalue weighted by Gasteiger charge is 2.27. The van der Waals surface area contributed by atoms with E-state index < -0.39 is 5.91 Å². The number of fused-ring (bicyclic) bond motifs is 2. The van der Waals surface area contributed by atoms with E-state index in [1.807, 2.05) is 30.3 Å². The van der Waals surface area contributed by atoms with Gasteiger partial charge >= 0.3 is 0 Å². The van der Waals surface area contributed by atoms with Gasteiger partial charge in [0, 0.05) is 10.3 Å². The van der Waals surface area contributed by atoms with Crippen molar-refractivity contribution in [1.29, 1.82) is 0 Å². The number of benzene rings is 1. The second kappa shape index (κ2) is 6.53. The van der Waals surface area contributed by atoms with Crippen molar-refractivity contribution < 1.29 is 9.59 Å². The zero-order valence-corrected chi connectivity index (χ0v) is 15.2. The average molecular weight is 365 g/mol. The van der Waals surface area contributed by atoms with Crippen molar-refractivity contribution >= 4 is 39.1 Å². The molecule has 1 aliphatic rings. The lowest BCUT2D eigenvalue weighted by Gasteiger charge is -2.18. The molecule has 26 heavy (non-hydrogen) atoms. The smallest absolute Gasteiger partial charge is 0.274 e. The number of anilines is 1. The number of para-hydroxylation sites is 1. The summed E-state index contributed by atoms with van der Waals surface area (Å²) in [5.41, 5.74) is 8.15. The number of primary amides is 1. The van der Waals surface area contributed by atoms with Crippen LogP contribution in [0.25, 0.3) is 10.9 Å². The predicted molar refractivity (Wildman–Crippen MR) is 104 cm³/mol. The van der Waals surface area contributed by atoms with Gasteiger partial charge in [-0.1, -0.05) is 31.2 Å². The minimum absolute atomic E-state index is 0.318. The van der Waals surface area contributed by atoms with E-state index in [0.29, 0.717) is 22.2 Å². The van der Waals surface area contributed by atoms with Crippen molar-refractivity contribution in [2.45, 2.75) is 26.2 Å². The first-order valence-corrected chi connectivity index (χ1v) is 9.46. The Morgan fingerprint density at radius 2 is 2.04 bits per heavy atom. The Morgan fingerprint density at radius 1 is 1.23 bits per heavy atom. The summed E-state index contributed by atoms with van der Waals surface area (Å²) < 4.78 is 0. The second-order valence-corrected chi connectivity index (χ2v) is 7.87. The van der Waals surface area contributed by atoms with Gasteiger partial charge in [-0.15, -0.1) is 11.3 Å². The zero-order chi connectivity index (χ0) is 18.3. The molecule has 1 aliphatic carbocycles. The number of hydrogen-bond acceptors (Lipinski definition) is 4. The van der Waals surface area contributed by atoms with E-state index in [-0.39, 0.29) is 5.91 Å². The van der Waals surface area contributed by atoms with Gasteiger partial charge in [0.05, 0.1) is 11.1 Å². The zero-order valence-electron chi connectivity index (χ0n) is 14.4. The molecule has 0 saturated heterocycles. The number of aromatic nitrogens is 1. The molecular formula is C20H19N3O2S. The van der Waals surface area contributed by atoms with E-state index in [1.54, 1.807) is 6.07 Å². The van der Waals surface area contributed by atoms with Crippen LogP contribution < -0.4 is 11.1 Å². The molecular weight excluding hydrogens is 346 g/mol. The van der Waals surface area contributed by atoms with E-state index in [2.05, 4.69) is 17.2 Å². The van der Waals surface area contributed by atoms with Crippen LogP contribution in [0.4, 0.5) is 5.00 Å². The average Bonchev–Trinajstić information content (AvgIpc) is 2.98. The van der Waals surface area contributed by atoms with Gasteiger partial charge in [-0.2, -0.15) is 0 Å². The molecule has 3 N–H and O–H groups in total. The first-order valence-electron chi connectivity index (χ1n) is 8.64. The van der Waals surface area contributed by atoms with Crippen molar-refractivity contribution in [3.8, 4) is 0 Å². The summed E-state index contributed by atoms with van der Waals surface area (Å²) in [6.07, 6.45) is 2.78. The Kier molecular flexibility index (Phi) is 4.20. The highest BCUT2D eigenvalue weighted by Crippen LogP contribution is 2.39. The van der Waals surface area contributed by atoms with E-state index in [0.717, 1.165) is 40.6 Å². The molecule has 5 nitrogen and oxygen atoms in total. The van der Waals surface area contributed by atoms with Crippen LogP contribution in [0.1, 0.15) is 44.6 Å². The molecule has 2 amide bonds. The van der Waals surface area contributed by atoms with Gasteiger partial charge in [-0.3, -0.25) is 9.59 Å². The van der Waals surface area contributed by atoms with Crippen LogP contribution in [0.15, 0.2) is 36.4 Å². The number of carbonyl (C=O) groups excluding carboxylic acids is 2. The van der Waals surface area contributed by atoms with Crippen molar-refractivity contribution in [1.82, 2.24) is 4.98 Å². The fourth-order valence-electron chi connectivity index (χ4n) is 3.46. The Morgan fingerprint density at radius 3 is 2.85 bits per heavy atom. The highest BCUT2D eigenvalue weighted by molar-refractivity contribution is 7.17. The number of nitrogens with zero attached hydrogens (tertiary/aromatic N) is 1. The molecule has 3 aromatic rings. The third kappa shape index (κ3) is 2.97. The summed E-state index contributed by atoms with van der Waals surface area (Å²) in [7, 11) is 0. The van der Waals surface area contributed by atoms with Crippen molar-refractivity contribution in [3.63, 3.8) is 0 Å². The number of nitrogens with one attached hydrogen (secondary N) is 1. The molecule has 0 fully saturated rings. The summed E-state index contributed by atoms with van der Waals surface area (Å²) in [6, 6.07) is 11.2. The fraction of sp³-hybridized carbons (Fsp3) is 0.250.